The van der Waals surface area contributed by atoms with Gasteiger partial charge in [0.25, 0.3) is 0 Å². The van der Waals surface area contributed by atoms with Gasteiger partial charge in [-0.1, -0.05) is 23.8 Å². The lowest BCUT2D eigenvalue weighted by Crippen LogP contribution is -2.60. The van der Waals surface area contributed by atoms with Crippen molar-refractivity contribution in [3.05, 3.63) is 46.7 Å². The summed E-state index contributed by atoms with van der Waals surface area (Å²) in [5, 5.41) is 0.0554. The van der Waals surface area contributed by atoms with Gasteiger partial charge in [0.05, 0.1) is 12.2 Å². The second-order valence-corrected chi connectivity index (χ2v) is 11.6. The van der Waals surface area contributed by atoms with Crippen molar-refractivity contribution in [3.63, 3.8) is 0 Å². The number of allylic oxidation sites excluding steroid dienone is 1. The van der Waals surface area contributed by atoms with Gasteiger partial charge in [0.15, 0.2) is 0 Å². The lowest BCUT2D eigenvalue weighted by atomic mass is 9.52. The number of carbonyl (C=O) groups is 2. The highest BCUT2D eigenvalue weighted by molar-refractivity contribution is 6.02. The molecule has 0 spiro atoms. The number of halogens is 5. The Morgan fingerprint density at radius 1 is 1.05 bits per heavy atom. The van der Waals surface area contributed by atoms with Crippen LogP contribution in [0, 0.1) is 36.5 Å². The second-order valence-electron chi connectivity index (χ2n) is 11.6. The van der Waals surface area contributed by atoms with E-state index in [1.54, 1.807) is 12.1 Å². The normalized spacial score (nSPS) is 32.3. The summed E-state index contributed by atoms with van der Waals surface area (Å²) in [6.45, 7) is 2.58. The zero-order valence-electron chi connectivity index (χ0n) is 21.9. The third-order valence-electron chi connectivity index (χ3n) is 9.61. The Morgan fingerprint density at radius 2 is 1.64 bits per heavy atom. The molecule has 4 aliphatic carbocycles. The van der Waals surface area contributed by atoms with Crippen molar-refractivity contribution >= 4 is 22.8 Å². The number of aromatic nitrogens is 1. The summed E-state index contributed by atoms with van der Waals surface area (Å²) >= 11 is 0. The van der Waals surface area contributed by atoms with Gasteiger partial charge < -0.3 is 14.0 Å². The SMILES string of the molecule is CCOC(=O)[C@@H]1C(=C2C3CC4CC(C3)CC2C4)C(=O)O[C@@]1(c1c(C)n(C)c2ccccc12)C(F)(F)C(F)(F)F. The standard InChI is InChI=1S/C29H30F5NO4/c1-4-38-26(37)24-22(21-17-10-15-9-16(12-17)13-18(21)11-15)25(36)39-27(24,28(30,31)29(32,33)34)23-14(2)35(3)20-8-6-5-7-19(20)23/h5-8,15-18,24H,4,9-13H2,1-3H3/t15?,16?,17?,18?,24-,27+/m0/s1. The van der Waals surface area contributed by atoms with Gasteiger partial charge in [-0.3, -0.25) is 4.79 Å². The molecule has 5 aliphatic rings. The molecule has 1 aromatic heterocycles. The van der Waals surface area contributed by atoms with Crippen molar-refractivity contribution < 1.29 is 41.0 Å². The summed E-state index contributed by atoms with van der Waals surface area (Å²) in [6, 6.07) is 6.14. The van der Waals surface area contributed by atoms with Crippen molar-refractivity contribution in [2.75, 3.05) is 6.61 Å². The molecule has 1 aromatic carbocycles. The average molecular weight is 552 g/mol. The van der Waals surface area contributed by atoms with Crippen LogP contribution >= 0.6 is 0 Å². The van der Waals surface area contributed by atoms with Crippen LogP contribution in [0.15, 0.2) is 35.4 Å². The Kier molecular flexibility index (Phi) is 5.77. The van der Waals surface area contributed by atoms with Crippen molar-refractivity contribution in [2.24, 2.45) is 36.6 Å². The van der Waals surface area contributed by atoms with E-state index in [4.69, 9.17) is 9.47 Å². The first-order valence-corrected chi connectivity index (χ1v) is 13.5. The summed E-state index contributed by atoms with van der Waals surface area (Å²) in [6.07, 6.45) is -2.16. The minimum atomic E-state index is -6.13. The largest absolute Gasteiger partial charge is 0.465 e. The van der Waals surface area contributed by atoms with E-state index < -0.39 is 41.1 Å². The van der Waals surface area contributed by atoms with Crippen molar-refractivity contribution in [2.45, 2.75) is 63.7 Å². The number of carbonyl (C=O) groups excluding carboxylic acids is 2. The molecule has 10 heteroatoms. The molecular formula is C29H30F5NO4. The van der Waals surface area contributed by atoms with E-state index in [1.807, 2.05) is 0 Å². The van der Waals surface area contributed by atoms with Gasteiger partial charge in [-0.05, 0) is 75.7 Å². The predicted octanol–water partition coefficient (Wildman–Crippen LogP) is 6.37. The van der Waals surface area contributed by atoms with Gasteiger partial charge in [-0.15, -0.1) is 0 Å². The molecule has 0 unspecified atom stereocenters. The molecular weight excluding hydrogens is 521 g/mol. The molecule has 7 rings (SSSR count). The summed E-state index contributed by atoms with van der Waals surface area (Å²) in [4.78, 5) is 27.4. The number of nitrogens with zero attached hydrogens (tertiary/aromatic N) is 1. The number of benzene rings is 1. The van der Waals surface area contributed by atoms with Gasteiger partial charge in [0, 0.05) is 29.2 Å². The van der Waals surface area contributed by atoms with E-state index in [2.05, 4.69) is 0 Å². The third-order valence-corrected chi connectivity index (χ3v) is 9.61. The maximum Gasteiger partial charge on any atom is 0.458 e. The van der Waals surface area contributed by atoms with Gasteiger partial charge in [-0.2, -0.15) is 22.0 Å². The molecule has 4 bridgehead atoms. The fourth-order valence-electron chi connectivity index (χ4n) is 8.30. The smallest absolute Gasteiger partial charge is 0.458 e. The van der Waals surface area contributed by atoms with E-state index in [1.165, 1.54) is 37.6 Å². The molecule has 5 fully saturated rings. The van der Waals surface area contributed by atoms with Crippen LogP contribution in [0.5, 0.6) is 0 Å². The number of esters is 2. The molecule has 1 aliphatic heterocycles. The molecule has 2 heterocycles. The van der Waals surface area contributed by atoms with Gasteiger partial charge >= 0.3 is 24.0 Å². The first-order chi connectivity index (χ1) is 18.3. The topological polar surface area (TPSA) is 57.5 Å². The van der Waals surface area contributed by atoms with Crippen LogP contribution in [0.2, 0.25) is 0 Å². The van der Waals surface area contributed by atoms with Crippen LogP contribution in [0.4, 0.5) is 22.0 Å². The first-order valence-electron chi connectivity index (χ1n) is 13.5. The van der Waals surface area contributed by atoms with Gasteiger partial charge in [0.2, 0.25) is 5.60 Å². The number of para-hydroxylation sites is 1. The zero-order valence-corrected chi connectivity index (χ0v) is 21.9. The van der Waals surface area contributed by atoms with E-state index in [0.29, 0.717) is 22.9 Å². The monoisotopic (exact) mass is 551 g/mol. The fourth-order valence-corrected chi connectivity index (χ4v) is 8.30. The van der Waals surface area contributed by atoms with Crippen LogP contribution in [-0.2, 0) is 31.7 Å². The van der Waals surface area contributed by atoms with Gasteiger partial charge in [-0.25, -0.2) is 4.79 Å². The molecule has 1 saturated heterocycles. The average Bonchev–Trinajstić information content (AvgIpc) is 3.30. The maximum absolute atomic E-state index is 16.2. The molecule has 39 heavy (non-hydrogen) atoms. The molecule has 2 atom stereocenters. The van der Waals surface area contributed by atoms with Crippen LogP contribution in [0.3, 0.4) is 0 Å². The van der Waals surface area contributed by atoms with E-state index in [-0.39, 0.29) is 35.1 Å². The van der Waals surface area contributed by atoms with Crippen molar-refractivity contribution in [3.8, 4) is 0 Å². The fraction of sp³-hybridized carbons (Fsp3) is 0.586. The number of cyclic esters (lactones) is 1. The number of rotatable bonds is 4. The van der Waals surface area contributed by atoms with Crippen molar-refractivity contribution in [1.82, 2.24) is 4.57 Å². The molecule has 0 N–H and O–H groups in total. The van der Waals surface area contributed by atoms with Gasteiger partial charge in [0.1, 0.15) is 5.92 Å². The molecule has 5 nitrogen and oxygen atoms in total. The van der Waals surface area contributed by atoms with E-state index in [9.17, 15) is 22.8 Å². The quantitative estimate of drug-likeness (QED) is 0.252. The second kappa shape index (κ2) is 8.54. The maximum atomic E-state index is 16.2. The lowest BCUT2D eigenvalue weighted by molar-refractivity contribution is -0.348. The lowest BCUT2D eigenvalue weighted by Gasteiger charge is -2.52. The number of aryl methyl sites for hydroxylation is 1. The summed E-state index contributed by atoms with van der Waals surface area (Å²) in [5.41, 5.74) is -3.60. The number of fused-ring (bicyclic) bond motifs is 1. The van der Waals surface area contributed by atoms with E-state index >= 15 is 8.78 Å². The summed E-state index contributed by atoms with van der Waals surface area (Å²) < 4.78 is 87.7. The Hall–Kier alpha value is -2.91. The van der Waals surface area contributed by atoms with E-state index in [0.717, 1.165) is 32.1 Å². The highest BCUT2D eigenvalue weighted by Crippen LogP contribution is 2.65. The summed E-state index contributed by atoms with van der Waals surface area (Å²) in [5.74, 6) is -9.93. The third kappa shape index (κ3) is 3.41. The van der Waals surface area contributed by atoms with Crippen LogP contribution in [-0.4, -0.2) is 35.2 Å². The Bertz CT molecular complexity index is 1380. The zero-order chi connectivity index (χ0) is 28.1. The number of hydrogen-bond acceptors (Lipinski definition) is 4. The predicted molar refractivity (Wildman–Crippen MR) is 131 cm³/mol. The Morgan fingerprint density at radius 3 is 2.21 bits per heavy atom. The molecule has 210 valence electrons. The highest BCUT2D eigenvalue weighted by atomic mass is 19.4. The van der Waals surface area contributed by atoms with Crippen LogP contribution in [0.25, 0.3) is 10.9 Å². The Labute approximate surface area is 222 Å². The first kappa shape index (κ1) is 26.3. The molecule has 0 amide bonds. The summed E-state index contributed by atoms with van der Waals surface area (Å²) in [7, 11) is 1.54. The minimum Gasteiger partial charge on any atom is -0.465 e. The highest BCUT2D eigenvalue weighted by Gasteiger charge is 2.81. The Balaban J connectivity index is 1.70. The number of hydrogen-bond donors (Lipinski definition) is 0. The van der Waals surface area contributed by atoms with Crippen LogP contribution in [0.1, 0.15) is 50.3 Å². The number of ether oxygens (including phenoxy) is 2. The van der Waals surface area contributed by atoms with Crippen LogP contribution < -0.4 is 0 Å². The molecule has 0 radical (unpaired) electrons. The van der Waals surface area contributed by atoms with Crippen molar-refractivity contribution in [1.29, 1.82) is 0 Å². The molecule has 4 saturated carbocycles. The number of alkyl halides is 5. The minimum absolute atomic E-state index is 0.0403. The molecule has 2 aromatic rings.